The molecule has 0 aliphatic heterocycles. The summed E-state index contributed by atoms with van der Waals surface area (Å²) in [6.07, 6.45) is 0.677. The molecule has 0 aromatic carbocycles. The highest BCUT2D eigenvalue weighted by Crippen LogP contribution is 2.46. The van der Waals surface area contributed by atoms with E-state index < -0.39 is 4.33 Å². The van der Waals surface area contributed by atoms with Crippen molar-refractivity contribution in [3.63, 3.8) is 0 Å². The monoisotopic (exact) mass is 474 g/mol. The van der Waals surface area contributed by atoms with E-state index in [0.717, 1.165) is 14.5 Å². The Hall–Kier alpha value is 1.79. The molecule has 0 radical (unpaired) electrons. The van der Waals surface area contributed by atoms with Gasteiger partial charge in [-0.15, -0.1) is 11.6 Å². The van der Waals surface area contributed by atoms with Crippen molar-refractivity contribution in [2.24, 2.45) is 0 Å². The summed E-state index contributed by atoms with van der Waals surface area (Å²) in [7, 11) is 0. The van der Waals surface area contributed by atoms with Crippen molar-refractivity contribution in [3.8, 4) is 0 Å². The van der Waals surface area contributed by atoms with Gasteiger partial charge in [-0.3, -0.25) is 0 Å². The van der Waals surface area contributed by atoms with Gasteiger partial charge in [0.05, 0.1) is 5.38 Å². The number of halogens is 6. The van der Waals surface area contributed by atoms with Crippen LogP contribution in [0.3, 0.4) is 0 Å². The van der Waals surface area contributed by atoms with Crippen molar-refractivity contribution in [3.05, 3.63) is 19.0 Å². The van der Waals surface area contributed by atoms with Crippen LogP contribution in [0.2, 0.25) is 0 Å². The molecule has 0 heterocycles. The van der Waals surface area contributed by atoms with Crippen molar-refractivity contribution in [1.29, 1.82) is 0 Å². The van der Waals surface area contributed by atoms with Crippen molar-refractivity contribution in [1.82, 2.24) is 0 Å². The molecule has 0 amide bonds. The van der Waals surface area contributed by atoms with Crippen molar-refractivity contribution in [2.45, 2.75) is 36.9 Å². The second-order valence-electron chi connectivity index (χ2n) is 3.44. The molecule has 0 aliphatic rings. The molecule has 0 aromatic rings. The van der Waals surface area contributed by atoms with E-state index in [-0.39, 0.29) is 5.38 Å². The minimum atomic E-state index is -1.15. The van der Waals surface area contributed by atoms with E-state index in [4.69, 9.17) is 34.8 Å². The average Bonchev–Trinajstić information content (AvgIpc) is 2.24. The molecule has 0 nitrogen and oxygen atoms in total. The topological polar surface area (TPSA) is 0 Å². The quantitative estimate of drug-likeness (QED) is 0.306. The van der Waals surface area contributed by atoms with Crippen LogP contribution in [0.5, 0.6) is 0 Å². The predicted octanol–water partition coefficient (Wildman–Crippen LogP) is 6.87. The lowest BCUT2D eigenvalue weighted by Gasteiger charge is -2.25. The summed E-state index contributed by atoms with van der Waals surface area (Å²) in [6, 6.07) is 0. The maximum atomic E-state index is 6.24. The van der Waals surface area contributed by atoms with E-state index in [0.29, 0.717) is 10.9 Å². The fourth-order valence-electron chi connectivity index (χ4n) is 0.856. The average molecular weight is 478 g/mol. The van der Waals surface area contributed by atoms with E-state index in [2.05, 4.69) is 47.8 Å². The summed E-state index contributed by atoms with van der Waals surface area (Å²) in [5, 5.41) is -0.366. The highest BCUT2D eigenvalue weighted by Gasteiger charge is 2.37. The van der Waals surface area contributed by atoms with Gasteiger partial charge in [0.15, 0.2) is 4.33 Å². The SMILES string of the molecule is CCC(Cl)C(Cl)(Cl)/C(Br)=C(\Br)C(Br)=C(C)C. The lowest BCUT2D eigenvalue weighted by molar-refractivity contribution is 0.781. The van der Waals surface area contributed by atoms with Crippen LogP contribution in [0.15, 0.2) is 19.0 Å². The van der Waals surface area contributed by atoms with Gasteiger partial charge in [0.1, 0.15) is 0 Å². The van der Waals surface area contributed by atoms with Gasteiger partial charge in [0.2, 0.25) is 0 Å². The maximum absolute atomic E-state index is 6.24. The molecule has 0 bridgehead atoms. The lowest BCUT2D eigenvalue weighted by Crippen LogP contribution is -2.26. The summed E-state index contributed by atoms with van der Waals surface area (Å²) in [6.45, 7) is 5.89. The molecule has 94 valence electrons. The Morgan fingerprint density at radius 3 is 1.88 bits per heavy atom. The Bertz CT molecular complexity index is 317. The smallest absolute Gasteiger partial charge is 0.119 e. The molecular weight excluding hydrogens is 466 g/mol. The molecule has 0 spiro atoms. The van der Waals surface area contributed by atoms with E-state index >= 15 is 0 Å². The van der Waals surface area contributed by atoms with Crippen LogP contribution in [0.4, 0.5) is 0 Å². The van der Waals surface area contributed by atoms with Gasteiger partial charge in [-0.2, -0.15) is 0 Å². The van der Waals surface area contributed by atoms with Gasteiger partial charge in [0.25, 0.3) is 0 Å². The first-order chi connectivity index (χ1) is 7.16. The molecule has 0 aromatic heterocycles. The minimum Gasteiger partial charge on any atom is -0.119 e. The van der Waals surface area contributed by atoms with Crippen LogP contribution in [0.1, 0.15) is 27.2 Å². The molecule has 16 heavy (non-hydrogen) atoms. The number of hydrogen-bond donors (Lipinski definition) is 0. The van der Waals surface area contributed by atoms with Crippen LogP contribution in [0.25, 0.3) is 0 Å². The summed E-state index contributed by atoms with van der Waals surface area (Å²) >= 11 is 28.9. The Balaban J connectivity index is 5.40. The van der Waals surface area contributed by atoms with Crippen molar-refractivity contribution < 1.29 is 0 Å². The van der Waals surface area contributed by atoms with E-state index in [1.54, 1.807) is 0 Å². The first-order valence-corrected chi connectivity index (χ1v) is 8.14. The zero-order chi connectivity index (χ0) is 13.1. The van der Waals surface area contributed by atoms with Gasteiger partial charge in [-0.25, -0.2) is 0 Å². The zero-order valence-electron chi connectivity index (χ0n) is 9.05. The number of alkyl halides is 3. The minimum absolute atomic E-state index is 0.366. The molecule has 0 fully saturated rings. The van der Waals surface area contributed by atoms with Crippen molar-refractivity contribution in [2.75, 3.05) is 0 Å². The molecule has 6 heteroatoms. The Labute approximate surface area is 137 Å². The lowest BCUT2D eigenvalue weighted by atomic mass is 10.2. The highest BCUT2D eigenvalue weighted by molar-refractivity contribution is 9.16. The third kappa shape index (κ3) is 4.47. The normalized spacial score (nSPS) is 15.6. The standard InChI is InChI=1S/C10H12Br3Cl3/c1-4-6(14)10(15,16)9(13)8(12)7(11)5(2)3/h6H,4H2,1-3H3/b9-8+. The van der Waals surface area contributed by atoms with Crippen LogP contribution in [-0.4, -0.2) is 9.71 Å². The van der Waals surface area contributed by atoms with Gasteiger partial charge in [-0.1, -0.05) is 51.6 Å². The summed E-state index contributed by atoms with van der Waals surface area (Å²) in [4.78, 5) is 0. The van der Waals surface area contributed by atoms with Crippen LogP contribution < -0.4 is 0 Å². The third-order valence-corrected chi connectivity index (χ3v) is 8.16. The molecule has 0 saturated carbocycles. The first kappa shape index (κ1) is 17.8. The molecule has 0 aliphatic carbocycles. The van der Waals surface area contributed by atoms with Crippen LogP contribution in [-0.2, 0) is 0 Å². The molecule has 1 atom stereocenters. The molecule has 0 N–H and O–H groups in total. The summed E-state index contributed by atoms with van der Waals surface area (Å²) in [5.74, 6) is 0. The highest BCUT2D eigenvalue weighted by atomic mass is 79.9. The Kier molecular flexibility index (Phi) is 8.22. The zero-order valence-corrected chi connectivity index (χ0v) is 16.1. The summed E-state index contributed by atoms with van der Waals surface area (Å²) < 4.78 is 1.16. The fourth-order valence-corrected chi connectivity index (χ4v) is 3.47. The maximum Gasteiger partial charge on any atom is 0.166 e. The molecule has 0 saturated heterocycles. The fraction of sp³-hybridized carbons (Fsp3) is 0.600. The van der Waals surface area contributed by atoms with Crippen LogP contribution >= 0.6 is 82.6 Å². The number of rotatable bonds is 4. The van der Waals surface area contributed by atoms with E-state index in [9.17, 15) is 0 Å². The van der Waals surface area contributed by atoms with Crippen molar-refractivity contribution >= 4 is 82.6 Å². The molecular formula is C10H12Br3Cl3. The summed E-state index contributed by atoms with van der Waals surface area (Å²) in [5.41, 5.74) is 1.11. The second-order valence-corrected chi connectivity index (χ2v) is 7.73. The Morgan fingerprint density at radius 1 is 1.12 bits per heavy atom. The largest absolute Gasteiger partial charge is 0.166 e. The van der Waals surface area contributed by atoms with E-state index in [1.807, 2.05) is 20.8 Å². The van der Waals surface area contributed by atoms with Gasteiger partial charge in [-0.05, 0) is 52.1 Å². The van der Waals surface area contributed by atoms with Gasteiger partial charge < -0.3 is 0 Å². The van der Waals surface area contributed by atoms with Crippen LogP contribution in [0, 0.1) is 0 Å². The van der Waals surface area contributed by atoms with E-state index in [1.165, 1.54) is 0 Å². The van der Waals surface area contributed by atoms with Gasteiger partial charge >= 0.3 is 0 Å². The second kappa shape index (κ2) is 7.40. The molecule has 0 rings (SSSR count). The van der Waals surface area contributed by atoms with Gasteiger partial charge in [0, 0.05) is 13.4 Å². The molecule has 1 unspecified atom stereocenters. The number of hydrogen-bond acceptors (Lipinski definition) is 0. The third-order valence-electron chi connectivity index (χ3n) is 1.87. The number of allylic oxidation sites excluding steroid dienone is 4. The Morgan fingerprint density at radius 2 is 1.56 bits per heavy atom. The predicted molar refractivity (Wildman–Crippen MR) is 86.6 cm³/mol. The first-order valence-electron chi connectivity index (χ1n) is 4.57.